The summed E-state index contributed by atoms with van der Waals surface area (Å²) in [6.07, 6.45) is -3.55. The lowest BCUT2D eigenvalue weighted by molar-refractivity contribution is -0.137. The summed E-state index contributed by atoms with van der Waals surface area (Å²) in [6.45, 7) is 7.79. The van der Waals surface area contributed by atoms with Gasteiger partial charge >= 0.3 is 6.18 Å². The van der Waals surface area contributed by atoms with Crippen LogP contribution in [0.15, 0.2) is 42.5 Å². The molecule has 2 aromatic carbocycles. The van der Waals surface area contributed by atoms with Crippen molar-refractivity contribution in [2.75, 3.05) is 19.6 Å². The summed E-state index contributed by atoms with van der Waals surface area (Å²) in [5, 5.41) is 0.473. The van der Waals surface area contributed by atoms with Crippen molar-refractivity contribution in [1.82, 2.24) is 14.5 Å². The van der Waals surface area contributed by atoms with Crippen LogP contribution in [0.2, 0.25) is 5.02 Å². The summed E-state index contributed by atoms with van der Waals surface area (Å²) < 4.78 is 47.1. The van der Waals surface area contributed by atoms with Crippen LogP contribution in [0.3, 0.4) is 0 Å². The van der Waals surface area contributed by atoms with Gasteiger partial charge in [0.25, 0.3) is 0 Å². The van der Waals surface area contributed by atoms with E-state index in [2.05, 4.69) is 23.7 Å². The zero-order valence-corrected chi connectivity index (χ0v) is 17.8. The molecule has 0 radical (unpaired) electrons. The molecule has 3 aromatic rings. The third-order valence-electron chi connectivity index (χ3n) is 5.10. The Morgan fingerprint density at radius 1 is 1.10 bits per heavy atom. The van der Waals surface area contributed by atoms with E-state index in [-0.39, 0.29) is 6.61 Å². The number of benzene rings is 2. The Kier molecular flexibility index (Phi) is 7.26. The lowest BCUT2D eigenvalue weighted by Gasteiger charge is -2.18. The molecule has 30 heavy (non-hydrogen) atoms. The first-order chi connectivity index (χ1) is 14.3. The van der Waals surface area contributed by atoms with E-state index in [1.54, 1.807) is 18.2 Å². The minimum Gasteiger partial charge on any atom is -0.484 e. The number of alkyl halides is 3. The summed E-state index contributed by atoms with van der Waals surface area (Å²) in [4.78, 5) is 6.76. The highest BCUT2D eigenvalue weighted by atomic mass is 35.5. The summed E-state index contributed by atoms with van der Waals surface area (Å²) >= 11 is 6.15. The van der Waals surface area contributed by atoms with Gasteiger partial charge in [-0.15, -0.1) is 0 Å². The molecule has 1 heterocycles. The summed E-state index contributed by atoms with van der Waals surface area (Å²) in [5.74, 6) is 1.08. The minimum absolute atomic E-state index is 0.116. The monoisotopic (exact) mass is 439 g/mol. The second-order valence-electron chi connectivity index (χ2n) is 6.98. The second-order valence-corrected chi connectivity index (χ2v) is 7.39. The lowest BCUT2D eigenvalue weighted by atomic mass is 10.2. The number of hydrogen-bond acceptors (Lipinski definition) is 3. The average Bonchev–Trinajstić information content (AvgIpc) is 3.07. The van der Waals surface area contributed by atoms with Crippen molar-refractivity contribution in [3.63, 3.8) is 0 Å². The van der Waals surface area contributed by atoms with Gasteiger partial charge in [0.1, 0.15) is 18.2 Å². The first-order valence-electron chi connectivity index (χ1n) is 9.99. The van der Waals surface area contributed by atoms with Gasteiger partial charge in [0.2, 0.25) is 0 Å². The highest BCUT2D eigenvalue weighted by molar-refractivity contribution is 6.32. The van der Waals surface area contributed by atoms with Gasteiger partial charge in [-0.05, 0) is 56.4 Å². The average molecular weight is 440 g/mol. The Morgan fingerprint density at radius 3 is 2.50 bits per heavy atom. The smallest absolute Gasteiger partial charge is 0.416 e. The van der Waals surface area contributed by atoms with Gasteiger partial charge in [0.05, 0.1) is 21.6 Å². The van der Waals surface area contributed by atoms with Crippen molar-refractivity contribution in [2.45, 2.75) is 39.6 Å². The number of ether oxygens (including phenoxy) is 1. The van der Waals surface area contributed by atoms with Crippen LogP contribution in [0.4, 0.5) is 13.2 Å². The molecule has 0 amide bonds. The molecule has 0 saturated heterocycles. The number of nitrogens with zero attached hydrogens (tertiary/aromatic N) is 3. The van der Waals surface area contributed by atoms with E-state index >= 15 is 0 Å². The van der Waals surface area contributed by atoms with Crippen LogP contribution >= 0.6 is 11.6 Å². The molecule has 0 spiro atoms. The van der Waals surface area contributed by atoms with Gasteiger partial charge in [0.15, 0.2) is 0 Å². The molecule has 0 fully saturated rings. The Labute approximate surface area is 179 Å². The summed E-state index contributed by atoms with van der Waals surface area (Å²) in [6, 6.07) is 10.8. The number of imidazole rings is 1. The Bertz CT molecular complexity index is 983. The van der Waals surface area contributed by atoms with Gasteiger partial charge in [-0.3, -0.25) is 0 Å². The van der Waals surface area contributed by atoms with Gasteiger partial charge in [-0.2, -0.15) is 13.2 Å². The van der Waals surface area contributed by atoms with E-state index < -0.39 is 11.7 Å². The van der Waals surface area contributed by atoms with Crippen LogP contribution in [-0.4, -0.2) is 34.1 Å². The van der Waals surface area contributed by atoms with Gasteiger partial charge in [-0.25, -0.2) is 4.98 Å². The molecule has 0 aliphatic heterocycles. The largest absolute Gasteiger partial charge is 0.484 e. The molecule has 3 rings (SSSR count). The normalized spacial score (nSPS) is 12.1. The van der Waals surface area contributed by atoms with Gasteiger partial charge in [-0.1, -0.05) is 37.6 Å². The zero-order valence-electron chi connectivity index (χ0n) is 17.0. The lowest BCUT2D eigenvalue weighted by Crippen LogP contribution is -2.25. The number of para-hydroxylation sites is 1. The van der Waals surface area contributed by atoms with Gasteiger partial charge < -0.3 is 14.2 Å². The van der Waals surface area contributed by atoms with Gasteiger partial charge in [0, 0.05) is 6.54 Å². The molecule has 0 N–H and O–H groups in total. The minimum atomic E-state index is -4.41. The first kappa shape index (κ1) is 22.4. The van der Waals surface area contributed by atoms with Crippen LogP contribution in [0.1, 0.15) is 31.7 Å². The number of hydrogen-bond donors (Lipinski definition) is 0. The van der Waals surface area contributed by atoms with Crippen LogP contribution < -0.4 is 4.74 Å². The summed E-state index contributed by atoms with van der Waals surface area (Å²) in [7, 11) is 0. The van der Waals surface area contributed by atoms with Crippen molar-refractivity contribution in [3.05, 3.63) is 58.9 Å². The number of halogens is 4. The molecular formula is C22H25ClF3N3O. The van der Waals surface area contributed by atoms with Crippen LogP contribution in [0.25, 0.3) is 11.0 Å². The van der Waals surface area contributed by atoms with Crippen LogP contribution in [0, 0.1) is 0 Å². The maximum absolute atomic E-state index is 13.1. The van der Waals surface area contributed by atoms with Crippen molar-refractivity contribution < 1.29 is 17.9 Å². The van der Waals surface area contributed by atoms with Crippen molar-refractivity contribution in [1.29, 1.82) is 0 Å². The first-order valence-corrected chi connectivity index (χ1v) is 10.4. The SMILES string of the molecule is CCN(CC)CCCn1c(COc2ccccc2Cl)nc2cc(C(F)(F)F)ccc21. The number of aryl methyl sites for hydroxylation is 1. The third-order valence-corrected chi connectivity index (χ3v) is 5.41. The molecular weight excluding hydrogens is 415 g/mol. The third kappa shape index (κ3) is 5.26. The molecule has 0 saturated carbocycles. The van der Waals surface area contributed by atoms with Crippen LogP contribution in [0.5, 0.6) is 5.75 Å². The molecule has 162 valence electrons. The maximum Gasteiger partial charge on any atom is 0.416 e. The molecule has 0 aliphatic carbocycles. The fraction of sp³-hybridized carbons (Fsp3) is 0.409. The van der Waals surface area contributed by atoms with E-state index in [1.807, 2.05) is 10.6 Å². The maximum atomic E-state index is 13.1. The number of aromatic nitrogens is 2. The van der Waals surface area contributed by atoms with Crippen molar-refractivity contribution in [2.24, 2.45) is 0 Å². The molecule has 4 nitrogen and oxygen atoms in total. The second kappa shape index (κ2) is 9.71. The van der Waals surface area contributed by atoms with Crippen LogP contribution in [-0.2, 0) is 19.3 Å². The Morgan fingerprint density at radius 2 is 1.83 bits per heavy atom. The summed E-state index contributed by atoms with van der Waals surface area (Å²) in [5.41, 5.74) is 0.270. The highest BCUT2D eigenvalue weighted by Crippen LogP contribution is 2.32. The topological polar surface area (TPSA) is 30.3 Å². The molecule has 0 bridgehead atoms. The van der Waals surface area contributed by atoms with Crippen molar-refractivity contribution in [3.8, 4) is 5.75 Å². The Hall–Kier alpha value is -2.25. The predicted molar refractivity (Wildman–Crippen MR) is 113 cm³/mol. The molecule has 1 aromatic heterocycles. The molecule has 8 heteroatoms. The molecule has 0 aliphatic rings. The van der Waals surface area contributed by atoms with E-state index in [9.17, 15) is 13.2 Å². The fourth-order valence-corrected chi connectivity index (χ4v) is 3.60. The predicted octanol–water partition coefficient (Wildman–Crippen LogP) is 6.02. The van der Waals surface area contributed by atoms with E-state index in [0.717, 1.165) is 38.2 Å². The highest BCUT2D eigenvalue weighted by Gasteiger charge is 2.31. The fourth-order valence-electron chi connectivity index (χ4n) is 3.41. The van der Waals surface area contributed by atoms with E-state index in [0.29, 0.717) is 34.2 Å². The van der Waals surface area contributed by atoms with E-state index in [4.69, 9.17) is 16.3 Å². The number of rotatable bonds is 9. The molecule has 0 atom stereocenters. The molecule has 0 unspecified atom stereocenters. The Balaban J connectivity index is 1.88. The van der Waals surface area contributed by atoms with Crippen molar-refractivity contribution >= 4 is 22.6 Å². The quantitative estimate of drug-likeness (QED) is 0.408. The zero-order chi connectivity index (χ0) is 21.7. The van der Waals surface area contributed by atoms with E-state index in [1.165, 1.54) is 6.07 Å². The standard InChI is InChI=1S/C22H25ClF3N3O/c1-3-28(4-2)12-7-13-29-19-11-10-16(22(24,25)26)14-18(19)27-21(29)15-30-20-9-6-5-8-17(20)23/h5-6,8-11,14H,3-4,7,12-13,15H2,1-2H3. The number of fused-ring (bicyclic) bond motifs is 1.